The van der Waals surface area contributed by atoms with Crippen molar-refractivity contribution < 1.29 is 17.6 Å². The van der Waals surface area contributed by atoms with Gasteiger partial charge in [0.05, 0.1) is 0 Å². The SMILES string of the molecule is CC(F)(c1ccc2c(c1)CCC1NCCCC21Cc1ccccc1)C(F)(F)F. The number of alkyl halides is 4. The van der Waals surface area contributed by atoms with Crippen LogP contribution in [0.2, 0.25) is 0 Å². The van der Waals surface area contributed by atoms with Crippen LogP contribution in [0.5, 0.6) is 0 Å². The number of fused-ring (bicyclic) bond motifs is 3. The second kappa shape index (κ2) is 6.87. The summed E-state index contributed by atoms with van der Waals surface area (Å²) in [5.41, 5.74) is -0.620. The third-order valence-electron chi connectivity index (χ3n) is 6.64. The van der Waals surface area contributed by atoms with Gasteiger partial charge in [-0.3, -0.25) is 0 Å². The molecule has 2 aromatic rings. The quantitative estimate of drug-likeness (QED) is 0.671. The summed E-state index contributed by atoms with van der Waals surface area (Å²) < 4.78 is 54.1. The molecule has 0 radical (unpaired) electrons. The Balaban J connectivity index is 1.78. The van der Waals surface area contributed by atoms with Crippen molar-refractivity contribution in [2.45, 2.75) is 62.3 Å². The van der Waals surface area contributed by atoms with Crippen LogP contribution in [0.1, 0.15) is 48.4 Å². The van der Waals surface area contributed by atoms with E-state index >= 15 is 0 Å². The van der Waals surface area contributed by atoms with Crippen LogP contribution >= 0.6 is 0 Å². The Kier molecular flexibility index (Phi) is 4.77. The molecule has 0 amide bonds. The molecular formula is C23H25F4N. The first-order valence-corrected chi connectivity index (χ1v) is 9.91. The van der Waals surface area contributed by atoms with Crippen LogP contribution in [0.25, 0.3) is 0 Å². The molecule has 0 aromatic heterocycles. The summed E-state index contributed by atoms with van der Waals surface area (Å²) in [6.07, 6.45) is -0.549. The Morgan fingerprint density at radius 3 is 2.54 bits per heavy atom. The van der Waals surface area contributed by atoms with Crippen LogP contribution < -0.4 is 5.32 Å². The molecule has 3 atom stereocenters. The van der Waals surface area contributed by atoms with Gasteiger partial charge in [0, 0.05) is 11.5 Å². The Labute approximate surface area is 163 Å². The van der Waals surface area contributed by atoms with Gasteiger partial charge in [-0.1, -0.05) is 48.5 Å². The van der Waals surface area contributed by atoms with Gasteiger partial charge >= 0.3 is 6.18 Å². The number of hydrogen-bond acceptors (Lipinski definition) is 1. The summed E-state index contributed by atoms with van der Waals surface area (Å²) in [5, 5.41) is 3.64. The molecule has 1 heterocycles. The average molecular weight is 391 g/mol. The Morgan fingerprint density at radius 2 is 1.82 bits per heavy atom. The number of halogens is 4. The fraction of sp³-hybridized carbons (Fsp3) is 0.478. The molecule has 1 N–H and O–H groups in total. The molecule has 1 aliphatic heterocycles. The van der Waals surface area contributed by atoms with Crippen molar-refractivity contribution in [3.8, 4) is 0 Å². The summed E-state index contributed by atoms with van der Waals surface area (Å²) in [6.45, 7) is 1.58. The predicted octanol–water partition coefficient (Wildman–Crippen LogP) is 5.61. The summed E-state index contributed by atoms with van der Waals surface area (Å²) >= 11 is 0. The summed E-state index contributed by atoms with van der Waals surface area (Å²) in [7, 11) is 0. The van der Waals surface area contributed by atoms with E-state index in [0.717, 1.165) is 43.4 Å². The molecule has 2 aromatic carbocycles. The molecule has 1 nitrogen and oxygen atoms in total. The zero-order chi connectivity index (χ0) is 20.0. The lowest BCUT2D eigenvalue weighted by Crippen LogP contribution is -2.56. The van der Waals surface area contributed by atoms with Crippen molar-refractivity contribution in [2.75, 3.05) is 6.54 Å². The van der Waals surface area contributed by atoms with Gasteiger partial charge in [-0.15, -0.1) is 0 Å². The second-order valence-corrected chi connectivity index (χ2v) is 8.34. The summed E-state index contributed by atoms with van der Waals surface area (Å²) in [5.74, 6) is 0. The van der Waals surface area contributed by atoms with Crippen LogP contribution in [0.15, 0.2) is 48.5 Å². The molecule has 0 bridgehead atoms. The minimum atomic E-state index is -4.92. The van der Waals surface area contributed by atoms with Crippen molar-refractivity contribution in [3.63, 3.8) is 0 Å². The minimum absolute atomic E-state index is 0.156. The van der Waals surface area contributed by atoms with Crippen LogP contribution in [-0.2, 0) is 23.9 Å². The highest BCUT2D eigenvalue weighted by molar-refractivity contribution is 5.45. The number of benzene rings is 2. The predicted molar refractivity (Wildman–Crippen MR) is 102 cm³/mol. The first kappa shape index (κ1) is 19.4. The van der Waals surface area contributed by atoms with Crippen molar-refractivity contribution in [2.24, 2.45) is 0 Å². The van der Waals surface area contributed by atoms with E-state index in [1.165, 1.54) is 17.7 Å². The molecule has 4 rings (SSSR count). The normalized spacial score (nSPS) is 26.8. The monoisotopic (exact) mass is 391 g/mol. The number of nitrogens with one attached hydrogen (secondary N) is 1. The Hall–Kier alpha value is -1.88. The number of aryl methyl sites for hydroxylation is 1. The van der Waals surface area contributed by atoms with E-state index < -0.39 is 11.8 Å². The van der Waals surface area contributed by atoms with Gasteiger partial charge in [-0.2, -0.15) is 13.2 Å². The summed E-state index contributed by atoms with van der Waals surface area (Å²) in [6, 6.07) is 15.1. The van der Waals surface area contributed by atoms with Gasteiger partial charge in [-0.25, -0.2) is 4.39 Å². The largest absolute Gasteiger partial charge is 0.426 e. The van der Waals surface area contributed by atoms with Crippen LogP contribution in [0.4, 0.5) is 17.6 Å². The lowest BCUT2D eigenvalue weighted by molar-refractivity contribution is -0.228. The minimum Gasteiger partial charge on any atom is -0.313 e. The van der Waals surface area contributed by atoms with Crippen molar-refractivity contribution in [1.82, 2.24) is 5.32 Å². The van der Waals surface area contributed by atoms with Gasteiger partial charge < -0.3 is 5.32 Å². The van der Waals surface area contributed by atoms with Crippen LogP contribution in [-0.4, -0.2) is 18.8 Å². The van der Waals surface area contributed by atoms with E-state index in [1.54, 1.807) is 6.07 Å². The van der Waals surface area contributed by atoms with Crippen molar-refractivity contribution >= 4 is 0 Å². The van der Waals surface area contributed by atoms with E-state index in [9.17, 15) is 17.6 Å². The van der Waals surface area contributed by atoms with Crippen LogP contribution in [0, 0.1) is 0 Å². The first-order chi connectivity index (χ1) is 13.2. The molecular weight excluding hydrogens is 366 g/mol. The maximum atomic E-state index is 14.5. The Morgan fingerprint density at radius 1 is 1.07 bits per heavy atom. The van der Waals surface area contributed by atoms with Crippen LogP contribution in [0.3, 0.4) is 0 Å². The van der Waals surface area contributed by atoms with E-state index in [-0.39, 0.29) is 11.0 Å². The molecule has 5 heteroatoms. The lowest BCUT2D eigenvalue weighted by Gasteiger charge is -2.49. The average Bonchev–Trinajstić information content (AvgIpc) is 2.67. The second-order valence-electron chi connectivity index (χ2n) is 8.34. The maximum absolute atomic E-state index is 14.5. The van der Waals surface area contributed by atoms with Gasteiger partial charge in [-0.05, 0) is 67.8 Å². The number of piperidine rings is 1. The molecule has 0 saturated carbocycles. The Bertz CT molecular complexity index is 843. The molecule has 3 unspecified atom stereocenters. The topological polar surface area (TPSA) is 12.0 Å². The first-order valence-electron chi connectivity index (χ1n) is 9.91. The molecule has 2 aliphatic rings. The fourth-order valence-electron chi connectivity index (χ4n) is 5.06. The van der Waals surface area contributed by atoms with Gasteiger partial charge in [0.1, 0.15) is 0 Å². The van der Waals surface area contributed by atoms with E-state index in [2.05, 4.69) is 17.4 Å². The molecule has 1 fully saturated rings. The number of hydrogen-bond donors (Lipinski definition) is 1. The number of rotatable bonds is 3. The van der Waals surface area contributed by atoms with Gasteiger partial charge in [0.25, 0.3) is 0 Å². The third-order valence-corrected chi connectivity index (χ3v) is 6.64. The fourth-order valence-corrected chi connectivity index (χ4v) is 5.06. The van der Waals surface area contributed by atoms with Gasteiger partial charge in [0.2, 0.25) is 5.67 Å². The zero-order valence-electron chi connectivity index (χ0n) is 16.0. The standard InChI is InChI=1S/C23H25F4N/c1-21(24,23(25,26)27)18-9-10-19-17(14-18)8-11-20-22(19,12-5-13-28-20)15-16-6-3-2-4-7-16/h2-4,6-7,9-10,14,20,28H,5,8,11-13,15H2,1H3. The highest BCUT2D eigenvalue weighted by atomic mass is 19.4. The molecule has 1 saturated heterocycles. The highest BCUT2D eigenvalue weighted by Crippen LogP contribution is 2.48. The summed E-state index contributed by atoms with van der Waals surface area (Å²) in [4.78, 5) is 0. The highest BCUT2D eigenvalue weighted by Gasteiger charge is 2.54. The van der Waals surface area contributed by atoms with Crippen molar-refractivity contribution in [1.29, 1.82) is 0 Å². The smallest absolute Gasteiger partial charge is 0.313 e. The maximum Gasteiger partial charge on any atom is 0.426 e. The van der Waals surface area contributed by atoms with Crippen molar-refractivity contribution in [3.05, 3.63) is 70.8 Å². The van der Waals surface area contributed by atoms with E-state index in [4.69, 9.17) is 0 Å². The molecule has 0 spiro atoms. The van der Waals surface area contributed by atoms with E-state index in [0.29, 0.717) is 19.4 Å². The zero-order valence-corrected chi connectivity index (χ0v) is 16.0. The van der Waals surface area contributed by atoms with E-state index in [1.807, 2.05) is 18.2 Å². The molecule has 1 aliphatic carbocycles. The van der Waals surface area contributed by atoms with Gasteiger partial charge in [0.15, 0.2) is 0 Å². The third kappa shape index (κ3) is 3.14. The molecule has 28 heavy (non-hydrogen) atoms. The lowest BCUT2D eigenvalue weighted by atomic mass is 9.60. The molecule has 150 valence electrons.